The summed E-state index contributed by atoms with van der Waals surface area (Å²) in [6, 6.07) is 1.79. The fourth-order valence-electron chi connectivity index (χ4n) is 4.77. The van der Waals surface area contributed by atoms with E-state index in [0.717, 1.165) is 26.2 Å². The molecule has 0 saturated carbocycles. The lowest BCUT2D eigenvalue weighted by Crippen LogP contribution is -2.69. The fourth-order valence-corrected chi connectivity index (χ4v) is 4.77. The zero-order valence-corrected chi connectivity index (χ0v) is 15.8. The molecule has 3 fully saturated rings. The van der Waals surface area contributed by atoms with Gasteiger partial charge in [0.25, 0.3) is 0 Å². The van der Waals surface area contributed by atoms with Gasteiger partial charge < -0.3 is 34.9 Å². The standard InChI is InChI=1S/C18H26N6O4/c1-22-7-18(8-22)9-23(4-5-27-18)6-12-13(25)14(26)17(28-12)24-3-2-11-15(19)20-10-21-16(11)24/h2-3,10,12-14,17,25-26H,4-9H2,1H3,(H2,19,20,21)/t12-,13-,14-,17-/m1/s1. The molecule has 1 spiro atoms. The second kappa shape index (κ2) is 6.61. The third-order valence-electron chi connectivity index (χ3n) is 6.03. The molecule has 3 saturated heterocycles. The number of aromatic nitrogens is 3. The molecule has 10 heteroatoms. The maximum Gasteiger partial charge on any atom is 0.164 e. The zero-order valence-electron chi connectivity index (χ0n) is 15.8. The summed E-state index contributed by atoms with van der Waals surface area (Å²) in [5, 5.41) is 21.9. The van der Waals surface area contributed by atoms with Gasteiger partial charge in [-0.15, -0.1) is 0 Å². The molecule has 5 heterocycles. The summed E-state index contributed by atoms with van der Waals surface area (Å²) in [6.45, 7) is 4.63. The summed E-state index contributed by atoms with van der Waals surface area (Å²) in [5.74, 6) is 0.373. The second-order valence-electron chi connectivity index (χ2n) is 8.20. The third kappa shape index (κ3) is 2.88. The number of anilines is 1. The van der Waals surface area contributed by atoms with E-state index in [-0.39, 0.29) is 5.60 Å². The van der Waals surface area contributed by atoms with Crippen LogP contribution in [0.1, 0.15) is 6.23 Å². The number of nitrogen functional groups attached to an aromatic ring is 1. The lowest BCUT2D eigenvalue weighted by atomic mass is 9.92. The Bertz CT molecular complexity index is 863. The Kier molecular flexibility index (Phi) is 4.30. The molecule has 2 aromatic heterocycles. The molecule has 3 aliphatic rings. The van der Waals surface area contributed by atoms with Crippen molar-refractivity contribution in [2.45, 2.75) is 30.1 Å². The zero-order chi connectivity index (χ0) is 19.5. The van der Waals surface area contributed by atoms with Crippen molar-refractivity contribution in [3.63, 3.8) is 0 Å². The summed E-state index contributed by atoms with van der Waals surface area (Å²) >= 11 is 0. The predicted molar refractivity (Wildman–Crippen MR) is 100 cm³/mol. The van der Waals surface area contributed by atoms with Crippen molar-refractivity contribution in [3.8, 4) is 0 Å². The molecular formula is C18H26N6O4. The van der Waals surface area contributed by atoms with Crippen LogP contribution < -0.4 is 5.73 Å². The number of hydrogen-bond acceptors (Lipinski definition) is 9. The minimum atomic E-state index is -1.05. The molecule has 0 bridgehead atoms. The molecule has 4 N–H and O–H groups in total. The van der Waals surface area contributed by atoms with Gasteiger partial charge in [0.2, 0.25) is 0 Å². The van der Waals surface area contributed by atoms with E-state index >= 15 is 0 Å². The van der Waals surface area contributed by atoms with Crippen LogP contribution in [0.5, 0.6) is 0 Å². The molecule has 0 radical (unpaired) electrons. The first-order valence-electron chi connectivity index (χ1n) is 9.59. The van der Waals surface area contributed by atoms with Gasteiger partial charge in [0.05, 0.1) is 12.0 Å². The lowest BCUT2D eigenvalue weighted by Gasteiger charge is -2.53. The number of aliphatic hydroxyl groups is 2. The molecule has 10 nitrogen and oxygen atoms in total. The van der Waals surface area contributed by atoms with Gasteiger partial charge >= 0.3 is 0 Å². The molecule has 5 rings (SSSR count). The van der Waals surface area contributed by atoms with Crippen molar-refractivity contribution >= 4 is 16.9 Å². The van der Waals surface area contributed by atoms with Crippen LogP contribution in [0.25, 0.3) is 11.0 Å². The first-order chi connectivity index (χ1) is 13.5. The van der Waals surface area contributed by atoms with Crippen molar-refractivity contribution in [1.82, 2.24) is 24.3 Å². The summed E-state index contributed by atoms with van der Waals surface area (Å²) in [4.78, 5) is 12.7. The normalized spacial score (nSPS) is 33.5. The van der Waals surface area contributed by atoms with Crippen LogP contribution in [0.15, 0.2) is 18.6 Å². The van der Waals surface area contributed by atoms with Crippen molar-refractivity contribution < 1.29 is 19.7 Å². The Morgan fingerprint density at radius 3 is 2.86 bits per heavy atom. The van der Waals surface area contributed by atoms with Crippen LogP contribution in [0.3, 0.4) is 0 Å². The van der Waals surface area contributed by atoms with Crippen LogP contribution in [0.2, 0.25) is 0 Å². The topological polar surface area (TPSA) is 122 Å². The van der Waals surface area contributed by atoms with Gasteiger partial charge in [-0.05, 0) is 13.1 Å². The minimum Gasteiger partial charge on any atom is -0.387 e. The van der Waals surface area contributed by atoms with Crippen molar-refractivity contribution in [2.75, 3.05) is 52.1 Å². The lowest BCUT2D eigenvalue weighted by molar-refractivity contribution is -0.182. The molecule has 4 atom stereocenters. The predicted octanol–water partition coefficient (Wildman–Crippen LogP) is -1.35. The number of hydrogen-bond donors (Lipinski definition) is 3. The molecule has 152 valence electrons. The smallest absolute Gasteiger partial charge is 0.164 e. The number of aliphatic hydroxyl groups excluding tert-OH is 2. The molecule has 28 heavy (non-hydrogen) atoms. The maximum atomic E-state index is 10.6. The molecule has 3 aliphatic heterocycles. The maximum absolute atomic E-state index is 10.6. The van der Waals surface area contributed by atoms with E-state index in [9.17, 15) is 10.2 Å². The van der Waals surface area contributed by atoms with Crippen LogP contribution in [-0.2, 0) is 9.47 Å². The Hall–Kier alpha value is -1.82. The van der Waals surface area contributed by atoms with Gasteiger partial charge in [-0.25, -0.2) is 9.97 Å². The van der Waals surface area contributed by atoms with Gasteiger partial charge in [-0.3, -0.25) is 4.90 Å². The Labute approximate surface area is 162 Å². The largest absolute Gasteiger partial charge is 0.387 e. The van der Waals surface area contributed by atoms with E-state index in [1.807, 2.05) is 0 Å². The van der Waals surface area contributed by atoms with Crippen LogP contribution in [0.4, 0.5) is 5.82 Å². The molecule has 0 amide bonds. The average molecular weight is 390 g/mol. The van der Waals surface area contributed by atoms with E-state index in [4.69, 9.17) is 15.2 Å². The molecular weight excluding hydrogens is 364 g/mol. The second-order valence-corrected chi connectivity index (χ2v) is 8.20. The highest BCUT2D eigenvalue weighted by Crippen LogP contribution is 2.34. The van der Waals surface area contributed by atoms with Gasteiger partial charge in [0, 0.05) is 38.9 Å². The SMILES string of the molecule is CN1CC2(C1)CN(C[C@H]1O[C@@H](n3ccc4c(N)ncnc43)[C@H](O)[C@@H]1O)CCO2. The van der Waals surface area contributed by atoms with Crippen molar-refractivity contribution in [2.24, 2.45) is 0 Å². The first kappa shape index (κ1) is 18.2. The first-order valence-corrected chi connectivity index (χ1v) is 9.59. The number of fused-ring (bicyclic) bond motifs is 1. The number of morpholine rings is 1. The summed E-state index contributed by atoms with van der Waals surface area (Å²) in [5.41, 5.74) is 6.36. The van der Waals surface area contributed by atoms with E-state index < -0.39 is 24.5 Å². The highest BCUT2D eigenvalue weighted by molar-refractivity contribution is 5.86. The van der Waals surface area contributed by atoms with E-state index in [1.54, 1.807) is 16.8 Å². The number of rotatable bonds is 3. The highest BCUT2D eigenvalue weighted by atomic mass is 16.6. The van der Waals surface area contributed by atoms with E-state index in [1.165, 1.54) is 6.33 Å². The van der Waals surface area contributed by atoms with E-state index in [0.29, 0.717) is 30.0 Å². The molecule has 2 aromatic rings. The van der Waals surface area contributed by atoms with Gasteiger partial charge in [0.15, 0.2) is 6.23 Å². The van der Waals surface area contributed by atoms with Gasteiger partial charge in [-0.1, -0.05) is 0 Å². The number of likely N-dealkylation sites (tertiary alicyclic amines) is 1. The van der Waals surface area contributed by atoms with Crippen LogP contribution in [0, 0.1) is 0 Å². The molecule has 0 unspecified atom stereocenters. The Balaban J connectivity index is 1.32. The molecule has 0 aliphatic carbocycles. The Morgan fingerprint density at radius 2 is 2.07 bits per heavy atom. The average Bonchev–Trinajstić information content (AvgIpc) is 3.19. The summed E-state index contributed by atoms with van der Waals surface area (Å²) in [7, 11) is 2.08. The van der Waals surface area contributed by atoms with Crippen LogP contribution >= 0.6 is 0 Å². The number of nitrogens with two attached hydrogens (primary N) is 1. The van der Waals surface area contributed by atoms with Gasteiger partial charge in [-0.2, -0.15) is 0 Å². The summed E-state index contributed by atoms with van der Waals surface area (Å²) < 4.78 is 13.8. The number of likely N-dealkylation sites (N-methyl/N-ethyl adjacent to an activating group) is 1. The monoisotopic (exact) mass is 390 g/mol. The molecule has 0 aromatic carbocycles. The third-order valence-corrected chi connectivity index (χ3v) is 6.03. The van der Waals surface area contributed by atoms with Gasteiger partial charge in [0.1, 0.15) is 41.7 Å². The van der Waals surface area contributed by atoms with Crippen molar-refractivity contribution in [3.05, 3.63) is 18.6 Å². The number of ether oxygens (including phenoxy) is 2. The minimum absolute atomic E-state index is 0.111. The summed E-state index contributed by atoms with van der Waals surface area (Å²) in [6.07, 6.45) is -0.119. The van der Waals surface area contributed by atoms with Crippen LogP contribution in [-0.4, -0.2) is 105 Å². The van der Waals surface area contributed by atoms with E-state index in [2.05, 4.69) is 26.8 Å². The fraction of sp³-hybridized carbons (Fsp3) is 0.667. The quantitative estimate of drug-likeness (QED) is 0.584. The highest BCUT2D eigenvalue weighted by Gasteiger charge is 2.48. The number of nitrogens with zero attached hydrogens (tertiary/aromatic N) is 5. The van der Waals surface area contributed by atoms with Crippen molar-refractivity contribution in [1.29, 1.82) is 0 Å². The Morgan fingerprint density at radius 1 is 1.25 bits per heavy atom.